The van der Waals surface area contributed by atoms with E-state index in [1.165, 1.54) is 7.05 Å². The number of rotatable bonds is 5. The zero-order valence-electron chi connectivity index (χ0n) is 12.2. The van der Waals surface area contributed by atoms with Crippen LogP contribution in [0.25, 0.3) is 0 Å². The van der Waals surface area contributed by atoms with Gasteiger partial charge in [-0.25, -0.2) is 0 Å². The van der Waals surface area contributed by atoms with Crippen molar-refractivity contribution in [2.24, 2.45) is 5.92 Å². The first-order valence-electron chi connectivity index (χ1n) is 6.86. The number of amides is 1. The molecule has 1 N–H and O–H groups in total. The normalized spacial score (nSPS) is 19.1. The summed E-state index contributed by atoms with van der Waals surface area (Å²) in [6.07, 6.45) is -2.82. The van der Waals surface area contributed by atoms with Gasteiger partial charge in [0.15, 0.2) is 0 Å². The molecule has 1 heterocycles. The fourth-order valence-electron chi connectivity index (χ4n) is 2.25. The zero-order valence-corrected chi connectivity index (χ0v) is 12.2. The highest BCUT2D eigenvalue weighted by molar-refractivity contribution is 5.82. The van der Waals surface area contributed by atoms with Crippen LogP contribution in [0.1, 0.15) is 26.7 Å². The van der Waals surface area contributed by atoms with Crippen LogP contribution in [0.2, 0.25) is 0 Å². The summed E-state index contributed by atoms with van der Waals surface area (Å²) in [5.41, 5.74) is 0. The quantitative estimate of drug-likeness (QED) is 0.841. The van der Waals surface area contributed by atoms with Crippen LogP contribution in [0.3, 0.4) is 0 Å². The molecule has 1 atom stereocenters. The summed E-state index contributed by atoms with van der Waals surface area (Å²) in [6, 6.07) is -0.468. The number of likely N-dealkylation sites (N-methyl/N-ethyl adjacent to an activating group) is 1. The first-order chi connectivity index (χ1) is 9.20. The van der Waals surface area contributed by atoms with Gasteiger partial charge in [-0.05, 0) is 18.8 Å². The van der Waals surface area contributed by atoms with E-state index in [0.717, 1.165) is 17.7 Å². The van der Waals surface area contributed by atoms with Gasteiger partial charge in [0.1, 0.15) is 6.54 Å². The molecule has 0 spiro atoms. The number of halogens is 3. The van der Waals surface area contributed by atoms with E-state index in [9.17, 15) is 18.0 Å². The van der Waals surface area contributed by atoms with Crippen molar-refractivity contribution in [3.63, 3.8) is 0 Å². The zero-order chi connectivity index (χ0) is 15.3. The van der Waals surface area contributed by atoms with Crippen molar-refractivity contribution in [3.05, 3.63) is 0 Å². The third-order valence-corrected chi connectivity index (χ3v) is 3.36. The van der Waals surface area contributed by atoms with Crippen LogP contribution in [0.15, 0.2) is 0 Å². The summed E-state index contributed by atoms with van der Waals surface area (Å²) in [6.45, 7) is 3.68. The van der Waals surface area contributed by atoms with Gasteiger partial charge >= 0.3 is 6.18 Å². The molecule has 0 aromatic rings. The molecule has 4 nitrogen and oxygen atoms in total. The predicted octanol–water partition coefficient (Wildman–Crippen LogP) is 1.80. The van der Waals surface area contributed by atoms with Crippen LogP contribution in [0.5, 0.6) is 0 Å². The molecule has 0 radical (unpaired) electrons. The largest absolute Gasteiger partial charge is 0.406 e. The first-order valence-corrected chi connectivity index (χ1v) is 6.86. The first kappa shape index (κ1) is 17.2. The molecule has 1 saturated heterocycles. The molecule has 1 fully saturated rings. The van der Waals surface area contributed by atoms with E-state index in [1.807, 2.05) is 13.8 Å². The number of hydrogen-bond acceptors (Lipinski definition) is 3. The molecule has 1 aliphatic rings. The van der Waals surface area contributed by atoms with E-state index >= 15 is 0 Å². The Morgan fingerprint density at radius 2 is 1.90 bits per heavy atom. The van der Waals surface area contributed by atoms with Crippen LogP contribution in [-0.2, 0) is 9.53 Å². The van der Waals surface area contributed by atoms with Gasteiger partial charge in [-0.2, -0.15) is 13.2 Å². The number of alkyl halides is 3. The van der Waals surface area contributed by atoms with Gasteiger partial charge in [0, 0.05) is 26.3 Å². The number of carbonyl (C=O) groups is 1. The van der Waals surface area contributed by atoms with Crippen LogP contribution in [-0.4, -0.2) is 55.9 Å². The third-order valence-electron chi connectivity index (χ3n) is 3.36. The molecule has 1 aliphatic heterocycles. The molecule has 0 aliphatic carbocycles. The second-order valence-corrected chi connectivity index (χ2v) is 5.58. The molecule has 0 unspecified atom stereocenters. The molecule has 118 valence electrons. The number of carbonyl (C=O) groups excluding carboxylic acids is 1. The minimum absolute atomic E-state index is 0.0685. The van der Waals surface area contributed by atoms with Crippen molar-refractivity contribution in [3.8, 4) is 0 Å². The number of ether oxygens (including phenoxy) is 1. The van der Waals surface area contributed by atoms with E-state index < -0.39 is 24.7 Å². The van der Waals surface area contributed by atoms with Crippen LogP contribution in [0.4, 0.5) is 13.2 Å². The monoisotopic (exact) mass is 296 g/mol. The maximum absolute atomic E-state index is 12.4. The van der Waals surface area contributed by atoms with Crippen molar-refractivity contribution < 1.29 is 22.7 Å². The van der Waals surface area contributed by atoms with E-state index in [4.69, 9.17) is 4.74 Å². The van der Waals surface area contributed by atoms with Gasteiger partial charge in [-0.1, -0.05) is 13.8 Å². The van der Waals surface area contributed by atoms with E-state index in [2.05, 4.69) is 5.32 Å². The minimum Gasteiger partial charge on any atom is -0.381 e. The van der Waals surface area contributed by atoms with Crippen molar-refractivity contribution in [1.29, 1.82) is 0 Å². The van der Waals surface area contributed by atoms with Crippen LogP contribution < -0.4 is 5.32 Å². The topological polar surface area (TPSA) is 41.6 Å². The smallest absolute Gasteiger partial charge is 0.381 e. The van der Waals surface area contributed by atoms with Gasteiger partial charge < -0.3 is 15.0 Å². The SMILES string of the molecule is CC(C)[C@H](NC1CCOCC1)C(=O)N(C)CC(F)(F)F. The van der Waals surface area contributed by atoms with E-state index in [1.54, 1.807) is 0 Å². The van der Waals surface area contributed by atoms with Crippen LogP contribution in [0, 0.1) is 5.92 Å². The summed E-state index contributed by atoms with van der Waals surface area (Å²) in [5.74, 6) is -0.579. The average molecular weight is 296 g/mol. The Morgan fingerprint density at radius 1 is 1.35 bits per heavy atom. The molecule has 1 rings (SSSR count). The fraction of sp³-hybridized carbons (Fsp3) is 0.923. The fourth-order valence-corrected chi connectivity index (χ4v) is 2.25. The summed E-state index contributed by atoms with van der Waals surface area (Å²) < 4.78 is 42.3. The molecule has 0 saturated carbocycles. The highest BCUT2D eigenvalue weighted by Crippen LogP contribution is 2.18. The molecule has 0 aromatic carbocycles. The lowest BCUT2D eigenvalue weighted by Crippen LogP contribution is -2.53. The Labute approximate surface area is 117 Å². The average Bonchev–Trinajstić information content (AvgIpc) is 2.34. The van der Waals surface area contributed by atoms with Crippen molar-refractivity contribution in [2.45, 2.75) is 44.9 Å². The Bertz CT molecular complexity index is 315. The third kappa shape index (κ3) is 5.66. The lowest BCUT2D eigenvalue weighted by Gasteiger charge is -2.32. The molecule has 7 heteroatoms. The van der Waals surface area contributed by atoms with Gasteiger partial charge in [-0.3, -0.25) is 4.79 Å². The van der Waals surface area contributed by atoms with Gasteiger partial charge in [0.2, 0.25) is 5.91 Å². The summed E-state index contributed by atoms with van der Waals surface area (Å²) >= 11 is 0. The van der Waals surface area contributed by atoms with Gasteiger partial charge in [0.25, 0.3) is 0 Å². The van der Waals surface area contributed by atoms with Crippen molar-refractivity contribution >= 4 is 5.91 Å². The number of nitrogens with zero attached hydrogens (tertiary/aromatic N) is 1. The Morgan fingerprint density at radius 3 is 2.35 bits per heavy atom. The Kier molecular flexibility index (Phi) is 6.26. The van der Waals surface area contributed by atoms with E-state index in [0.29, 0.717) is 13.2 Å². The van der Waals surface area contributed by atoms with E-state index in [-0.39, 0.29) is 12.0 Å². The summed E-state index contributed by atoms with van der Waals surface area (Å²) in [4.78, 5) is 12.9. The van der Waals surface area contributed by atoms with Crippen molar-refractivity contribution in [1.82, 2.24) is 10.2 Å². The summed E-state index contributed by atoms with van der Waals surface area (Å²) in [5, 5.41) is 3.18. The maximum Gasteiger partial charge on any atom is 0.406 e. The molecular weight excluding hydrogens is 273 g/mol. The second kappa shape index (κ2) is 7.26. The Hall–Kier alpha value is -0.820. The molecule has 20 heavy (non-hydrogen) atoms. The second-order valence-electron chi connectivity index (χ2n) is 5.58. The molecular formula is C13H23F3N2O2. The van der Waals surface area contributed by atoms with Crippen LogP contribution >= 0.6 is 0 Å². The predicted molar refractivity (Wildman–Crippen MR) is 69.3 cm³/mol. The summed E-state index contributed by atoms with van der Waals surface area (Å²) in [7, 11) is 1.19. The lowest BCUT2D eigenvalue weighted by atomic mass is 9.99. The minimum atomic E-state index is -4.37. The standard InChI is InChI=1S/C13H23F3N2O2/c1-9(2)11(17-10-4-6-20-7-5-10)12(19)18(3)8-13(14,15)16/h9-11,17H,4-8H2,1-3H3/t11-/m0/s1. The highest BCUT2D eigenvalue weighted by Gasteiger charge is 2.35. The molecule has 0 bridgehead atoms. The molecule has 0 aromatic heterocycles. The maximum atomic E-state index is 12.4. The number of nitrogens with one attached hydrogen (secondary N) is 1. The Balaban J connectivity index is 2.62. The van der Waals surface area contributed by atoms with Gasteiger partial charge in [-0.15, -0.1) is 0 Å². The van der Waals surface area contributed by atoms with Crippen molar-refractivity contribution in [2.75, 3.05) is 26.8 Å². The lowest BCUT2D eigenvalue weighted by molar-refractivity contribution is -0.160. The molecule has 1 amide bonds. The van der Waals surface area contributed by atoms with Gasteiger partial charge in [0.05, 0.1) is 6.04 Å². The number of hydrogen-bond donors (Lipinski definition) is 1. The highest BCUT2D eigenvalue weighted by atomic mass is 19.4.